The molecule has 0 atom stereocenters. The van der Waals surface area contributed by atoms with Crippen LogP contribution in [0.25, 0.3) is 99.0 Å². The predicted octanol–water partition coefficient (Wildman–Crippen LogP) is 14.0. The molecular weight excluding hydrogens is 627 g/mol. The van der Waals surface area contributed by atoms with Gasteiger partial charge in [-0.3, -0.25) is 0 Å². The van der Waals surface area contributed by atoms with E-state index in [-0.39, 0.29) is 0 Å². The zero-order chi connectivity index (χ0) is 34.4. The predicted molar refractivity (Wildman–Crippen MR) is 221 cm³/mol. The van der Waals surface area contributed by atoms with Crippen molar-refractivity contribution in [2.75, 3.05) is 0 Å². The Morgan fingerprint density at radius 3 is 1.25 bits per heavy atom. The summed E-state index contributed by atoms with van der Waals surface area (Å²) < 4.78 is 0. The molecule has 242 valence electrons. The van der Waals surface area contributed by atoms with Gasteiger partial charge in [0.15, 0.2) is 0 Å². The number of benzene rings is 9. The van der Waals surface area contributed by atoms with Gasteiger partial charge in [0.25, 0.3) is 0 Å². The molecule has 52 heavy (non-hydrogen) atoms. The molecule has 0 spiro atoms. The minimum Gasteiger partial charge on any atom is -0.248 e. The number of hydrogen-bond donors (Lipinski definition) is 0. The fourth-order valence-electron chi connectivity index (χ4n) is 7.84. The Bertz CT molecular complexity index is 2870. The van der Waals surface area contributed by atoms with E-state index >= 15 is 0 Å². The van der Waals surface area contributed by atoms with E-state index in [1.807, 2.05) is 12.1 Å². The standard InChI is InChI=1S/C51H33N/c1-3-14-37(15-4-1)50-30-41(31-51(52-50)38-16-5-2-6-17-38)35-23-26-36(27-24-35)46-32-48-45-22-12-10-20-43(45)47(33-49(48)44-21-11-9-19-42(44)46)40-28-25-34-13-7-8-18-39(34)29-40/h1-33H. The summed E-state index contributed by atoms with van der Waals surface area (Å²) in [5, 5.41) is 10.1. The zero-order valence-electron chi connectivity index (χ0n) is 28.5. The maximum atomic E-state index is 5.09. The van der Waals surface area contributed by atoms with Gasteiger partial charge >= 0.3 is 0 Å². The molecule has 1 heteroatoms. The van der Waals surface area contributed by atoms with Gasteiger partial charge in [0.1, 0.15) is 0 Å². The van der Waals surface area contributed by atoms with Gasteiger partial charge in [0, 0.05) is 11.1 Å². The lowest BCUT2D eigenvalue weighted by Gasteiger charge is -2.16. The van der Waals surface area contributed by atoms with Crippen molar-refractivity contribution in [2.24, 2.45) is 0 Å². The van der Waals surface area contributed by atoms with E-state index in [1.165, 1.54) is 65.3 Å². The molecule has 1 aromatic heterocycles. The largest absolute Gasteiger partial charge is 0.248 e. The van der Waals surface area contributed by atoms with Crippen LogP contribution < -0.4 is 0 Å². The third-order valence-corrected chi connectivity index (χ3v) is 10.4. The van der Waals surface area contributed by atoms with E-state index in [9.17, 15) is 0 Å². The number of nitrogens with zero attached hydrogens (tertiary/aromatic N) is 1. The zero-order valence-corrected chi connectivity index (χ0v) is 28.5. The highest BCUT2D eigenvalue weighted by Crippen LogP contribution is 2.42. The Hall–Kier alpha value is -6.83. The van der Waals surface area contributed by atoms with E-state index in [4.69, 9.17) is 4.98 Å². The summed E-state index contributed by atoms with van der Waals surface area (Å²) in [6, 6.07) is 72.4. The number of aromatic nitrogens is 1. The van der Waals surface area contributed by atoms with Crippen molar-refractivity contribution in [1.82, 2.24) is 4.98 Å². The molecule has 0 radical (unpaired) electrons. The number of pyridine rings is 1. The van der Waals surface area contributed by atoms with E-state index < -0.39 is 0 Å². The maximum Gasteiger partial charge on any atom is 0.0715 e. The normalized spacial score (nSPS) is 11.5. The summed E-state index contributed by atoms with van der Waals surface area (Å²) in [4.78, 5) is 5.09. The number of fused-ring (bicyclic) bond motifs is 6. The Balaban J connectivity index is 1.13. The molecular formula is C51H33N. The molecule has 0 saturated carbocycles. The molecule has 0 aliphatic rings. The summed E-state index contributed by atoms with van der Waals surface area (Å²) in [6.07, 6.45) is 0. The molecule has 10 aromatic rings. The van der Waals surface area contributed by atoms with Crippen LogP contribution in [-0.2, 0) is 0 Å². The van der Waals surface area contributed by atoms with E-state index in [0.717, 1.165) is 33.6 Å². The van der Waals surface area contributed by atoms with Gasteiger partial charge in [0.2, 0.25) is 0 Å². The van der Waals surface area contributed by atoms with Crippen LogP contribution >= 0.6 is 0 Å². The van der Waals surface area contributed by atoms with Crippen molar-refractivity contribution in [3.8, 4) is 55.9 Å². The van der Waals surface area contributed by atoms with Gasteiger partial charge in [-0.05, 0) is 107 Å². The van der Waals surface area contributed by atoms with Gasteiger partial charge in [-0.1, -0.05) is 170 Å². The van der Waals surface area contributed by atoms with Crippen molar-refractivity contribution >= 4 is 43.1 Å². The van der Waals surface area contributed by atoms with Crippen molar-refractivity contribution in [3.05, 3.63) is 200 Å². The third-order valence-electron chi connectivity index (χ3n) is 10.4. The molecule has 9 aromatic carbocycles. The lowest BCUT2D eigenvalue weighted by molar-refractivity contribution is 1.32. The third kappa shape index (κ3) is 5.23. The first-order valence-corrected chi connectivity index (χ1v) is 17.9. The minimum atomic E-state index is 0.969. The van der Waals surface area contributed by atoms with Gasteiger partial charge in [-0.25, -0.2) is 4.98 Å². The van der Waals surface area contributed by atoms with Crippen LogP contribution in [0.4, 0.5) is 0 Å². The van der Waals surface area contributed by atoms with Crippen molar-refractivity contribution < 1.29 is 0 Å². The summed E-state index contributed by atoms with van der Waals surface area (Å²) in [6.45, 7) is 0. The van der Waals surface area contributed by atoms with E-state index in [2.05, 4.69) is 188 Å². The molecule has 10 rings (SSSR count). The van der Waals surface area contributed by atoms with Crippen LogP contribution in [0.2, 0.25) is 0 Å². The highest BCUT2D eigenvalue weighted by molar-refractivity contribution is 6.24. The topological polar surface area (TPSA) is 12.9 Å². The molecule has 0 fully saturated rings. The van der Waals surface area contributed by atoms with Crippen LogP contribution in [0.1, 0.15) is 0 Å². The second-order valence-electron chi connectivity index (χ2n) is 13.5. The van der Waals surface area contributed by atoms with Gasteiger partial charge in [-0.2, -0.15) is 0 Å². The molecule has 1 heterocycles. The van der Waals surface area contributed by atoms with Crippen molar-refractivity contribution in [1.29, 1.82) is 0 Å². The van der Waals surface area contributed by atoms with Crippen LogP contribution in [0.3, 0.4) is 0 Å². The van der Waals surface area contributed by atoms with E-state index in [0.29, 0.717) is 0 Å². The number of hydrogen-bond acceptors (Lipinski definition) is 1. The van der Waals surface area contributed by atoms with Crippen LogP contribution in [-0.4, -0.2) is 4.98 Å². The van der Waals surface area contributed by atoms with Gasteiger partial charge in [-0.15, -0.1) is 0 Å². The summed E-state index contributed by atoms with van der Waals surface area (Å²) >= 11 is 0. The highest BCUT2D eigenvalue weighted by atomic mass is 14.7. The summed E-state index contributed by atoms with van der Waals surface area (Å²) in [7, 11) is 0. The van der Waals surface area contributed by atoms with Crippen molar-refractivity contribution in [2.45, 2.75) is 0 Å². The first-order chi connectivity index (χ1) is 25.8. The lowest BCUT2D eigenvalue weighted by atomic mass is 9.87. The van der Waals surface area contributed by atoms with Gasteiger partial charge < -0.3 is 0 Å². The maximum absolute atomic E-state index is 5.09. The van der Waals surface area contributed by atoms with Crippen molar-refractivity contribution in [3.63, 3.8) is 0 Å². The average molecular weight is 660 g/mol. The van der Waals surface area contributed by atoms with Crippen LogP contribution in [0.5, 0.6) is 0 Å². The molecule has 1 nitrogen and oxygen atoms in total. The smallest absolute Gasteiger partial charge is 0.0715 e. The van der Waals surface area contributed by atoms with Gasteiger partial charge in [0.05, 0.1) is 11.4 Å². The molecule has 0 aliphatic carbocycles. The molecule has 0 aliphatic heterocycles. The molecule has 0 amide bonds. The summed E-state index contributed by atoms with van der Waals surface area (Å²) in [5.74, 6) is 0. The number of rotatable bonds is 5. The molecule has 0 saturated heterocycles. The average Bonchev–Trinajstić information content (AvgIpc) is 3.23. The first kappa shape index (κ1) is 30.0. The Labute approximate surface area is 303 Å². The van der Waals surface area contributed by atoms with E-state index in [1.54, 1.807) is 0 Å². The SMILES string of the molecule is c1ccc(-c2cc(-c3ccc(-c4cc5c6ccccc6c(-c6ccc7ccccc7c6)cc5c5ccccc45)cc3)cc(-c3ccccc3)n2)cc1. The molecule has 0 unspecified atom stereocenters. The first-order valence-electron chi connectivity index (χ1n) is 17.9. The lowest BCUT2D eigenvalue weighted by Crippen LogP contribution is -1.91. The second-order valence-corrected chi connectivity index (χ2v) is 13.5. The highest BCUT2D eigenvalue weighted by Gasteiger charge is 2.15. The summed E-state index contributed by atoms with van der Waals surface area (Å²) in [5.41, 5.74) is 11.4. The van der Waals surface area contributed by atoms with Crippen LogP contribution in [0.15, 0.2) is 200 Å². The molecule has 0 N–H and O–H groups in total. The Morgan fingerprint density at radius 2 is 0.673 bits per heavy atom. The monoisotopic (exact) mass is 659 g/mol. The Kier molecular flexibility index (Phi) is 7.22. The fourth-order valence-corrected chi connectivity index (χ4v) is 7.84. The quantitative estimate of drug-likeness (QED) is 0.168. The molecule has 0 bridgehead atoms. The Morgan fingerprint density at radius 1 is 0.231 bits per heavy atom. The fraction of sp³-hybridized carbons (Fsp3) is 0. The minimum absolute atomic E-state index is 0.969. The second kappa shape index (κ2) is 12.5. The van der Waals surface area contributed by atoms with Crippen LogP contribution in [0, 0.1) is 0 Å².